The minimum atomic E-state index is -1.73. The van der Waals surface area contributed by atoms with Gasteiger partial charge in [-0.15, -0.1) is 0 Å². The normalized spacial score (nSPS) is 21.8. The largest absolute Gasteiger partial charge is 0.481 e. The summed E-state index contributed by atoms with van der Waals surface area (Å²) in [5.74, 6) is -3.03. The third-order valence-corrected chi connectivity index (χ3v) is 5.92. The Labute approximate surface area is 207 Å². The van der Waals surface area contributed by atoms with Gasteiger partial charge in [-0.2, -0.15) is 0 Å². The van der Waals surface area contributed by atoms with Crippen LogP contribution < -0.4 is 0 Å². The van der Waals surface area contributed by atoms with E-state index in [4.69, 9.17) is 13.9 Å². The third-order valence-electron chi connectivity index (χ3n) is 5.92. The van der Waals surface area contributed by atoms with E-state index in [0.717, 1.165) is 16.9 Å². The number of oxazole rings is 1. The molecule has 0 aliphatic carbocycles. The Morgan fingerprint density at radius 1 is 1.19 bits per heavy atom. The van der Waals surface area contributed by atoms with Gasteiger partial charge < -0.3 is 23.6 Å². The van der Waals surface area contributed by atoms with E-state index in [2.05, 4.69) is 9.97 Å². The van der Waals surface area contributed by atoms with Crippen molar-refractivity contribution < 1.29 is 33.4 Å². The molecule has 3 atom stereocenters. The van der Waals surface area contributed by atoms with E-state index in [0.29, 0.717) is 0 Å². The molecule has 0 radical (unpaired) electrons. The lowest BCUT2D eigenvalue weighted by Gasteiger charge is -2.39. The molecule has 190 valence electrons. The lowest BCUT2D eigenvalue weighted by atomic mass is 9.90. The van der Waals surface area contributed by atoms with Crippen LogP contribution in [0.3, 0.4) is 0 Å². The summed E-state index contributed by atoms with van der Waals surface area (Å²) in [7, 11) is 0. The first-order chi connectivity index (χ1) is 17.1. The monoisotopic (exact) mass is 496 g/mol. The molecule has 36 heavy (non-hydrogen) atoms. The van der Waals surface area contributed by atoms with E-state index in [1.54, 1.807) is 55.8 Å². The number of carbonyl (C=O) groups excluding carboxylic acids is 2. The van der Waals surface area contributed by atoms with Crippen LogP contribution in [0.1, 0.15) is 44.6 Å². The highest BCUT2D eigenvalue weighted by Gasteiger charge is 2.63. The molecular weight excluding hydrogens is 468 g/mol. The van der Waals surface area contributed by atoms with Gasteiger partial charge in [-0.1, -0.05) is 30.3 Å². The van der Waals surface area contributed by atoms with E-state index in [9.17, 15) is 19.5 Å². The van der Waals surface area contributed by atoms with Crippen LogP contribution in [-0.4, -0.2) is 53.7 Å². The number of carbonyl (C=O) groups is 3. The number of hydrogen-bond donors (Lipinski definition) is 1. The lowest BCUT2D eigenvalue weighted by molar-refractivity contribution is -0.169. The molecule has 11 nitrogen and oxygen atoms in total. The number of benzene rings is 1. The zero-order valence-corrected chi connectivity index (χ0v) is 20.2. The van der Waals surface area contributed by atoms with Crippen LogP contribution in [0.5, 0.6) is 0 Å². The van der Waals surface area contributed by atoms with Crippen molar-refractivity contribution in [2.75, 3.05) is 0 Å². The SMILES string of the molecule is CC(C)(C)OC(=O)[C@]1(Cn2ccnc2)C[C@@H](C(=O)O)[C@@H](c2cnco2)N1C(=O)OCc1ccccc1. The number of likely N-dealkylation sites (tertiary alicyclic amines) is 1. The molecule has 0 spiro atoms. The van der Waals surface area contributed by atoms with Crippen LogP contribution in [0, 0.1) is 5.92 Å². The van der Waals surface area contributed by atoms with Gasteiger partial charge in [0, 0.05) is 12.4 Å². The minimum Gasteiger partial charge on any atom is -0.481 e. The second kappa shape index (κ2) is 9.84. The maximum Gasteiger partial charge on any atom is 0.411 e. The number of imidazole rings is 1. The van der Waals surface area contributed by atoms with Crippen molar-refractivity contribution >= 4 is 18.0 Å². The fourth-order valence-corrected chi connectivity index (χ4v) is 4.46. The van der Waals surface area contributed by atoms with Gasteiger partial charge in [-0.25, -0.2) is 19.6 Å². The van der Waals surface area contributed by atoms with Gasteiger partial charge in [0.05, 0.1) is 25.0 Å². The van der Waals surface area contributed by atoms with Crippen LogP contribution in [0.2, 0.25) is 0 Å². The number of amides is 1. The quantitative estimate of drug-likeness (QED) is 0.488. The number of ether oxygens (including phenoxy) is 2. The van der Waals surface area contributed by atoms with Crippen molar-refractivity contribution in [2.24, 2.45) is 5.92 Å². The smallest absolute Gasteiger partial charge is 0.411 e. The molecule has 1 aromatic carbocycles. The Morgan fingerprint density at radius 3 is 2.53 bits per heavy atom. The summed E-state index contributed by atoms with van der Waals surface area (Å²) in [6, 6.07) is 7.86. The number of carboxylic acids is 1. The van der Waals surface area contributed by atoms with E-state index < -0.39 is 41.1 Å². The maximum atomic E-state index is 13.8. The average molecular weight is 497 g/mol. The summed E-state index contributed by atoms with van der Waals surface area (Å²) in [4.78, 5) is 49.1. The van der Waals surface area contributed by atoms with Crippen molar-refractivity contribution in [3.05, 3.63) is 73.0 Å². The molecule has 1 fully saturated rings. The predicted molar refractivity (Wildman–Crippen MR) is 124 cm³/mol. The summed E-state index contributed by atoms with van der Waals surface area (Å²) in [5.41, 5.74) is -1.90. The Hall–Kier alpha value is -4.15. The number of nitrogens with zero attached hydrogens (tertiary/aromatic N) is 4. The fourth-order valence-electron chi connectivity index (χ4n) is 4.46. The van der Waals surface area contributed by atoms with Crippen LogP contribution in [0.15, 0.2) is 66.1 Å². The van der Waals surface area contributed by atoms with Crippen LogP contribution >= 0.6 is 0 Å². The first-order valence-corrected chi connectivity index (χ1v) is 11.4. The molecule has 11 heteroatoms. The number of esters is 1. The lowest BCUT2D eigenvalue weighted by Crippen LogP contribution is -2.58. The molecule has 0 saturated carbocycles. The first-order valence-electron chi connectivity index (χ1n) is 11.4. The van der Waals surface area contributed by atoms with E-state index in [-0.39, 0.29) is 25.3 Å². The number of hydrogen-bond acceptors (Lipinski definition) is 8. The molecule has 3 aromatic rings. The van der Waals surface area contributed by atoms with E-state index in [1.807, 2.05) is 6.07 Å². The second-order valence-corrected chi connectivity index (χ2v) is 9.68. The van der Waals surface area contributed by atoms with E-state index >= 15 is 0 Å². The van der Waals surface area contributed by atoms with Crippen molar-refractivity contribution in [3.63, 3.8) is 0 Å². The van der Waals surface area contributed by atoms with Crippen molar-refractivity contribution in [2.45, 2.75) is 57.5 Å². The van der Waals surface area contributed by atoms with Gasteiger partial charge in [-0.3, -0.25) is 9.69 Å². The summed E-state index contributed by atoms with van der Waals surface area (Å²) >= 11 is 0. The zero-order valence-electron chi connectivity index (χ0n) is 20.2. The second-order valence-electron chi connectivity index (χ2n) is 9.68. The van der Waals surface area contributed by atoms with Gasteiger partial charge in [-0.05, 0) is 32.8 Å². The van der Waals surface area contributed by atoms with Gasteiger partial charge >= 0.3 is 18.0 Å². The average Bonchev–Trinajstić information content (AvgIpc) is 3.58. The predicted octanol–water partition coefficient (Wildman–Crippen LogP) is 3.44. The highest BCUT2D eigenvalue weighted by molar-refractivity contribution is 5.89. The Morgan fingerprint density at radius 2 is 1.94 bits per heavy atom. The zero-order chi connectivity index (χ0) is 25.9. The van der Waals surface area contributed by atoms with E-state index in [1.165, 1.54) is 18.7 Å². The van der Waals surface area contributed by atoms with Crippen LogP contribution in [0.25, 0.3) is 0 Å². The molecule has 1 saturated heterocycles. The van der Waals surface area contributed by atoms with Crippen molar-refractivity contribution in [1.29, 1.82) is 0 Å². The van der Waals surface area contributed by atoms with Gasteiger partial charge in [0.2, 0.25) is 0 Å². The molecular formula is C25H28N4O7. The molecule has 1 aliphatic rings. The molecule has 2 aromatic heterocycles. The van der Waals surface area contributed by atoms with Crippen LogP contribution in [0.4, 0.5) is 4.79 Å². The summed E-state index contributed by atoms with van der Waals surface area (Å²) in [6.45, 7) is 4.92. The molecule has 1 aliphatic heterocycles. The maximum absolute atomic E-state index is 13.8. The molecule has 1 N–H and O–H groups in total. The Balaban J connectivity index is 1.82. The number of carboxylic acid groups (broad SMARTS) is 1. The molecule has 0 unspecified atom stereocenters. The molecule has 3 heterocycles. The third kappa shape index (κ3) is 5.09. The summed E-state index contributed by atoms with van der Waals surface area (Å²) in [6.07, 6.45) is 5.99. The highest BCUT2D eigenvalue weighted by Crippen LogP contribution is 2.49. The molecule has 0 bridgehead atoms. The topological polar surface area (TPSA) is 137 Å². The minimum absolute atomic E-state index is 0.0769. The highest BCUT2D eigenvalue weighted by atomic mass is 16.6. The molecule has 1 amide bonds. The molecule has 4 rings (SSSR count). The van der Waals surface area contributed by atoms with Crippen molar-refractivity contribution in [3.8, 4) is 0 Å². The summed E-state index contributed by atoms with van der Waals surface area (Å²) < 4.78 is 18.4. The standard InChI is InChI=1S/C25H28N4O7/c1-24(2,3)36-22(32)25(14-28-10-9-26-15-28)11-18(21(30)31)20(19-12-27-16-35-19)29(25)23(33)34-13-17-7-5-4-6-8-17/h4-10,12,15-16,18,20H,11,13-14H2,1-3H3,(H,30,31)/t18-,20+,25-/m1/s1. The Kier molecular flexibility index (Phi) is 6.82. The van der Waals surface area contributed by atoms with Crippen molar-refractivity contribution in [1.82, 2.24) is 19.4 Å². The summed E-state index contributed by atoms with van der Waals surface area (Å²) in [5, 5.41) is 10.2. The Bertz CT molecular complexity index is 1190. The van der Waals surface area contributed by atoms with Crippen LogP contribution in [-0.2, 0) is 32.2 Å². The first kappa shape index (κ1) is 25.0. The van der Waals surface area contributed by atoms with Gasteiger partial charge in [0.25, 0.3) is 0 Å². The van der Waals surface area contributed by atoms with Gasteiger partial charge in [0.15, 0.2) is 11.9 Å². The number of rotatable bonds is 7. The fraction of sp³-hybridized carbons (Fsp3) is 0.400. The number of aromatic nitrogens is 3. The van der Waals surface area contributed by atoms with Gasteiger partial charge in [0.1, 0.15) is 24.0 Å². The number of aliphatic carboxylic acids is 1.